The molecule has 0 N–H and O–H groups in total. The highest BCUT2D eigenvalue weighted by Gasteiger charge is 2.32. The van der Waals surface area contributed by atoms with Crippen molar-refractivity contribution in [2.24, 2.45) is 5.92 Å². The normalized spacial score (nSPS) is 23.9. The monoisotopic (exact) mass is 323 g/mol. The number of pyridine rings is 1. The summed E-state index contributed by atoms with van der Waals surface area (Å²) < 4.78 is 26.8. The van der Waals surface area contributed by atoms with Crippen LogP contribution in [-0.2, 0) is 14.8 Å². The van der Waals surface area contributed by atoms with Crippen molar-refractivity contribution in [2.45, 2.75) is 30.6 Å². The molecule has 2 aliphatic heterocycles. The summed E-state index contributed by atoms with van der Waals surface area (Å²) in [6, 6.07) is 3.22. The van der Waals surface area contributed by atoms with Crippen LogP contribution in [0.2, 0.25) is 0 Å². The van der Waals surface area contributed by atoms with Gasteiger partial charge in [-0.15, -0.1) is 0 Å². The minimum atomic E-state index is -3.47. The van der Waals surface area contributed by atoms with Gasteiger partial charge in [-0.1, -0.05) is 0 Å². The Kier molecular flexibility index (Phi) is 4.44. The Labute approximate surface area is 131 Å². The average molecular weight is 323 g/mol. The molecule has 2 fully saturated rings. The van der Waals surface area contributed by atoms with Crippen molar-refractivity contribution in [2.75, 3.05) is 26.2 Å². The van der Waals surface area contributed by atoms with Gasteiger partial charge < -0.3 is 4.90 Å². The van der Waals surface area contributed by atoms with E-state index < -0.39 is 10.0 Å². The SMILES string of the molecule is O=C1CCCN1C[C@H]1CCCN(S(=O)(=O)c2cccnc2)C1. The lowest BCUT2D eigenvalue weighted by atomic mass is 9.99. The van der Waals surface area contributed by atoms with E-state index in [0.717, 1.165) is 25.8 Å². The number of sulfonamides is 1. The maximum Gasteiger partial charge on any atom is 0.244 e. The van der Waals surface area contributed by atoms with Gasteiger partial charge in [0, 0.05) is 45.0 Å². The first-order valence-electron chi connectivity index (χ1n) is 7.75. The van der Waals surface area contributed by atoms with Crippen molar-refractivity contribution in [3.05, 3.63) is 24.5 Å². The van der Waals surface area contributed by atoms with Crippen molar-refractivity contribution < 1.29 is 13.2 Å². The molecule has 0 saturated carbocycles. The quantitative estimate of drug-likeness (QED) is 0.832. The second-order valence-corrected chi connectivity index (χ2v) is 7.94. The third-order valence-electron chi connectivity index (χ3n) is 4.40. The molecule has 120 valence electrons. The fourth-order valence-electron chi connectivity index (χ4n) is 3.25. The summed E-state index contributed by atoms with van der Waals surface area (Å²) in [4.78, 5) is 17.8. The van der Waals surface area contributed by atoms with Crippen molar-refractivity contribution in [1.29, 1.82) is 0 Å². The van der Waals surface area contributed by atoms with Crippen LogP contribution in [0.15, 0.2) is 29.4 Å². The van der Waals surface area contributed by atoms with Crippen LogP contribution in [0.1, 0.15) is 25.7 Å². The Morgan fingerprint density at radius 1 is 1.27 bits per heavy atom. The van der Waals surface area contributed by atoms with Gasteiger partial charge >= 0.3 is 0 Å². The molecule has 0 aromatic carbocycles. The lowest BCUT2D eigenvalue weighted by molar-refractivity contribution is -0.128. The summed E-state index contributed by atoms with van der Waals surface area (Å²) in [5, 5.41) is 0. The smallest absolute Gasteiger partial charge is 0.244 e. The summed E-state index contributed by atoms with van der Waals surface area (Å²) in [5.41, 5.74) is 0. The Balaban J connectivity index is 1.69. The molecule has 0 radical (unpaired) electrons. The number of hydrogen-bond donors (Lipinski definition) is 0. The molecule has 7 heteroatoms. The van der Waals surface area contributed by atoms with E-state index in [4.69, 9.17) is 0 Å². The van der Waals surface area contributed by atoms with Crippen molar-refractivity contribution >= 4 is 15.9 Å². The zero-order chi connectivity index (χ0) is 15.6. The van der Waals surface area contributed by atoms with Crippen LogP contribution < -0.4 is 0 Å². The lowest BCUT2D eigenvalue weighted by Crippen LogP contribution is -2.44. The highest BCUT2D eigenvalue weighted by molar-refractivity contribution is 7.89. The van der Waals surface area contributed by atoms with Crippen LogP contribution >= 0.6 is 0 Å². The summed E-state index contributed by atoms with van der Waals surface area (Å²) in [6.45, 7) is 2.52. The summed E-state index contributed by atoms with van der Waals surface area (Å²) in [6.07, 6.45) is 6.32. The van der Waals surface area contributed by atoms with Gasteiger partial charge in [0.1, 0.15) is 4.90 Å². The van der Waals surface area contributed by atoms with Gasteiger partial charge in [0.25, 0.3) is 0 Å². The Hall–Kier alpha value is -1.47. The largest absolute Gasteiger partial charge is 0.342 e. The van der Waals surface area contributed by atoms with E-state index in [2.05, 4.69) is 4.98 Å². The van der Waals surface area contributed by atoms with Crippen molar-refractivity contribution in [3.63, 3.8) is 0 Å². The van der Waals surface area contributed by atoms with Crippen LogP contribution in [0.3, 0.4) is 0 Å². The highest BCUT2D eigenvalue weighted by Crippen LogP contribution is 2.25. The molecule has 1 atom stereocenters. The van der Waals surface area contributed by atoms with Crippen molar-refractivity contribution in [1.82, 2.24) is 14.2 Å². The molecule has 6 nitrogen and oxygen atoms in total. The Bertz CT molecular complexity index is 633. The van der Waals surface area contributed by atoms with E-state index in [-0.39, 0.29) is 16.7 Å². The van der Waals surface area contributed by atoms with Gasteiger partial charge in [-0.25, -0.2) is 8.42 Å². The van der Waals surface area contributed by atoms with Gasteiger partial charge in [-0.05, 0) is 37.3 Å². The van der Waals surface area contributed by atoms with Gasteiger partial charge in [-0.2, -0.15) is 4.31 Å². The minimum absolute atomic E-state index is 0.201. The molecule has 1 aromatic rings. The predicted molar refractivity (Wildman–Crippen MR) is 81.5 cm³/mol. The maximum absolute atomic E-state index is 12.6. The number of rotatable bonds is 4. The molecule has 3 heterocycles. The van der Waals surface area contributed by atoms with E-state index in [9.17, 15) is 13.2 Å². The first-order chi connectivity index (χ1) is 10.6. The van der Waals surface area contributed by atoms with Crippen LogP contribution in [0.5, 0.6) is 0 Å². The molecule has 0 aliphatic carbocycles. The molecule has 0 spiro atoms. The highest BCUT2D eigenvalue weighted by atomic mass is 32.2. The standard InChI is InChI=1S/C15H21N3O3S/c19-15-6-3-8-17(15)11-13-4-2-9-18(12-13)22(20,21)14-5-1-7-16-10-14/h1,5,7,10,13H,2-4,6,8-9,11-12H2/t13-/m1/s1. The number of carbonyl (C=O) groups is 1. The summed E-state index contributed by atoms with van der Waals surface area (Å²) >= 11 is 0. The first kappa shape index (κ1) is 15.4. The van der Waals surface area contributed by atoms with Crippen molar-refractivity contribution in [3.8, 4) is 0 Å². The van der Waals surface area contributed by atoms with E-state index in [1.807, 2.05) is 4.90 Å². The minimum Gasteiger partial charge on any atom is -0.342 e. The molecular formula is C15H21N3O3S. The van der Waals surface area contributed by atoms with E-state index >= 15 is 0 Å². The fourth-order valence-corrected chi connectivity index (χ4v) is 4.77. The van der Waals surface area contributed by atoms with E-state index in [1.54, 1.807) is 22.6 Å². The number of piperidine rings is 1. The molecule has 0 bridgehead atoms. The van der Waals surface area contributed by atoms with Gasteiger partial charge in [-0.3, -0.25) is 9.78 Å². The third-order valence-corrected chi connectivity index (χ3v) is 6.25. The van der Waals surface area contributed by atoms with Gasteiger partial charge in [0.2, 0.25) is 15.9 Å². The second-order valence-electron chi connectivity index (χ2n) is 6.00. The molecule has 22 heavy (non-hydrogen) atoms. The Morgan fingerprint density at radius 3 is 2.82 bits per heavy atom. The predicted octanol–water partition coefficient (Wildman–Crippen LogP) is 1.10. The summed E-state index contributed by atoms with van der Waals surface area (Å²) in [7, 11) is -3.47. The fraction of sp³-hybridized carbons (Fsp3) is 0.600. The maximum atomic E-state index is 12.6. The van der Waals surface area contributed by atoms with Gasteiger partial charge in [0.15, 0.2) is 0 Å². The number of nitrogens with zero attached hydrogens (tertiary/aromatic N) is 3. The summed E-state index contributed by atoms with van der Waals surface area (Å²) in [5.74, 6) is 0.425. The number of aromatic nitrogens is 1. The molecule has 1 amide bonds. The van der Waals surface area contributed by atoms with Gasteiger partial charge in [0.05, 0.1) is 0 Å². The molecule has 2 saturated heterocycles. The van der Waals surface area contributed by atoms with E-state index in [0.29, 0.717) is 26.1 Å². The third kappa shape index (κ3) is 3.15. The second kappa shape index (κ2) is 6.34. The number of hydrogen-bond acceptors (Lipinski definition) is 4. The number of amides is 1. The first-order valence-corrected chi connectivity index (χ1v) is 9.19. The average Bonchev–Trinajstić information content (AvgIpc) is 2.94. The number of carbonyl (C=O) groups excluding carboxylic acids is 1. The van der Waals surface area contributed by atoms with Crippen LogP contribution in [-0.4, -0.2) is 54.7 Å². The van der Waals surface area contributed by atoms with Crippen LogP contribution in [0.25, 0.3) is 0 Å². The zero-order valence-corrected chi connectivity index (χ0v) is 13.3. The molecule has 1 aromatic heterocycles. The molecule has 0 unspecified atom stereocenters. The Morgan fingerprint density at radius 2 is 2.14 bits per heavy atom. The lowest BCUT2D eigenvalue weighted by Gasteiger charge is -2.33. The molecule has 3 rings (SSSR count). The number of likely N-dealkylation sites (tertiary alicyclic amines) is 1. The van der Waals surface area contributed by atoms with E-state index in [1.165, 1.54) is 6.20 Å². The molecular weight excluding hydrogens is 302 g/mol. The zero-order valence-electron chi connectivity index (χ0n) is 12.5. The topological polar surface area (TPSA) is 70.6 Å². The van der Waals surface area contributed by atoms with Crippen LogP contribution in [0, 0.1) is 5.92 Å². The molecule has 2 aliphatic rings. The van der Waals surface area contributed by atoms with Crippen LogP contribution in [0.4, 0.5) is 0 Å².